The second kappa shape index (κ2) is 6.37. The number of benzene rings is 1. The predicted octanol–water partition coefficient (Wildman–Crippen LogP) is 2.97. The van der Waals surface area contributed by atoms with Crippen LogP contribution in [0.15, 0.2) is 18.2 Å². The van der Waals surface area contributed by atoms with E-state index in [0.29, 0.717) is 13.2 Å². The third-order valence-electron chi connectivity index (χ3n) is 5.71. The zero-order chi connectivity index (χ0) is 16.6. The largest absolute Gasteiger partial charge is 0.348 e. The molecule has 1 aromatic rings. The number of fused-ring (bicyclic) bond motifs is 1. The average molecular weight is 330 g/mol. The summed E-state index contributed by atoms with van der Waals surface area (Å²) >= 11 is 0. The van der Waals surface area contributed by atoms with Gasteiger partial charge >= 0.3 is 6.03 Å². The van der Waals surface area contributed by atoms with Crippen LogP contribution in [0.2, 0.25) is 0 Å². The minimum atomic E-state index is -0.365. The Morgan fingerprint density at radius 3 is 2.62 bits per heavy atom. The summed E-state index contributed by atoms with van der Waals surface area (Å²) in [6.07, 6.45) is 5.59. The van der Waals surface area contributed by atoms with Gasteiger partial charge in [-0.2, -0.15) is 0 Å². The minimum absolute atomic E-state index is 0.0523. The summed E-state index contributed by atoms with van der Waals surface area (Å²) in [4.78, 5) is 12.4. The number of aryl methyl sites for hydroxylation is 1. The summed E-state index contributed by atoms with van der Waals surface area (Å²) in [7, 11) is 0. The molecule has 3 aliphatic rings. The molecule has 0 radical (unpaired) electrons. The van der Waals surface area contributed by atoms with Gasteiger partial charge in [0.05, 0.1) is 19.3 Å². The van der Waals surface area contributed by atoms with Gasteiger partial charge in [0, 0.05) is 18.9 Å². The summed E-state index contributed by atoms with van der Waals surface area (Å²) in [5, 5.41) is 6.29. The molecule has 2 aliphatic carbocycles. The number of carbonyl (C=O) groups is 1. The molecule has 2 N–H and O–H groups in total. The smallest absolute Gasteiger partial charge is 0.315 e. The Bertz CT molecular complexity index is 615. The molecule has 1 saturated carbocycles. The van der Waals surface area contributed by atoms with Gasteiger partial charge in [-0.05, 0) is 49.3 Å². The summed E-state index contributed by atoms with van der Waals surface area (Å²) in [5.41, 5.74) is 4.00. The first-order valence-electron chi connectivity index (χ1n) is 9.09. The van der Waals surface area contributed by atoms with Crippen LogP contribution in [0.4, 0.5) is 4.79 Å². The van der Waals surface area contributed by atoms with Gasteiger partial charge in [-0.3, -0.25) is 0 Å². The molecule has 0 bridgehead atoms. The fraction of sp³-hybridized carbons (Fsp3) is 0.632. The van der Waals surface area contributed by atoms with E-state index >= 15 is 0 Å². The molecule has 130 valence electrons. The highest BCUT2D eigenvalue weighted by molar-refractivity contribution is 5.75. The third-order valence-corrected chi connectivity index (χ3v) is 5.71. The molecule has 1 unspecified atom stereocenters. The summed E-state index contributed by atoms with van der Waals surface area (Å²) in [6, 6.07) is 6.65. The van der Waals surface area contributed by atoms with Crippen LogP contribution in [-0.4, -0.2) is 31.1 Å². The third kappa shape index (κ3) is 3.03. The Morgan fingerprint density at radius 1 is 1.12 bits per heavy atom. The molecule has 2 fully saturated rings. The van der Waals surface area contributed by atoms with Crippen molar-refractivity contribution in [3.8, 4) is 0 Å². The number of nitrogens with one attached hydrogen (secondary N) is 2. The second-order valence-corrected chi connectivity index (χ2v) is 7.23. The van der Waals surface area contributed by atoms with Crippen LogP contribution < -0.4 is 10.6 Å². The van der Waals surface area contributed by atoms with E-state index in [9.17, 15) is 4.79 Å². The Morgan fingerprint density at radius 2 is 1.88 bits per heavy atom. The molecule has 4 rings (SSSR count). The van der Waals surface area contributed by atoms with Gasteiger partial charge in [-0.15, -0.1) is 0 Å². The first-order valence-corrected chi connectivity index (χ1v) is 9.09. The van der Waals surface area contributed by atoms with Crippen LogP contribution in [0.3, 0.4) is 0 Å². The number of carbonyl (C=O) groups excluding carboxylic acids is 1. The van der Waals surface area contributed by atoms with Gasteiger partial charge in [0.15, 0.2) is 5.79 Å². The van der Waals surface area contributed by atoms with E-state index in [0.717, 1.165) is 38.5 Å². The number of amides is 2. The van der Waals surface area contributed by atoms with Crippen molar-refractivity contribution in [3.05, 3.63) is 34.9 Å². The molecular formula is C19H26N2O3. The zero-order valence-corrected chi connectivity index (χ0v) is 14.3. The van der Waals surface area contributed by atoms with Crippen LogP contribution in [0.5, 0.6) is 0 Å². The van der Waals surface area contributed by atoms with Crippen molar-refractivity contribution in [3.63, 3.8) is 0 Å². The molecule has 1 aliphatic heterocycles. The van der Waals surface area contributed by atoms with E-state index in [1.165, 1.54) is 16.7 Å². The highest BCUT2D eigenvalue weighted by atomic mass is 16.7. The monoisotopic (exact) mass is 330 g/mol. The van der Waals surface area contributed by atoms with Gasteiger partial charge in [0.1, 0.15) is 0 Å². The molecule has 1 spiro atoms. The first-order chi connectivity index (χ1) is 11.7. The van der Waals surface area contributed by atoms with E-state index in [2.05, 4.69) is 35.8 Å². The van der Waals surface area contributed by atoms with Crippen molar-refractivity contribution in [1.82, 2.24) is 10.6 Å². The lowest BCUT2D eigenvalue weighted by Crippen LogP contribution is -2.47. The Balaban J connectivity index is 1.30. The number of rotatable bonds is 2. The van der Waals surface area contributed by atoms with E-state index in [1.807, 2.05) is 0 Å². The molecule has 0 aromatic heterocycles. The number of ether oxygens (including phenoxy) is 2. The lowest BCUT2D eigenvalue weighted by molar-refractivity contribution is -0.179. The van der Waals surface area contributed by atoms with Crippen LogP contribution in [0, 0.1) is 6.92 Å². The van der Waals surface area contributed by atoms with Crippen LogP contribution >= 0.6 is 0 Å². The number of hydrogen-bond donors (Lipinski definition) is 2. The standard InChI is InChI=1S/C19H26N2O3/c1-13-3-2-4-16-15(13)5-6-17(16)21-18(22)20-14-7-9-19(10-8-14)23-11-12-24-19/h2-4,14,17H,5-12H2,1H3,(H2,20,21,22). The maximum Gasteiger partial charge on any atom is 0.315 e. The Hall–Kier alpha value is -1.59. The molecule has 5 nitrogen and oxygen atoms in total. The van der Waals surface area contributed by atoms with Gasteiger partial charge in [0.25, 0.3) is 0 Å². The summed E-state index contributed by atoms with van der Waals surface area (Å²) in [5.74, 6) is -0.365. The molecule has 5 heteroatoms. The van der Waals surface area contributed by atoms with Crippen molar-refractivity contribution in [2.75, 3.05) is 13.2 Å². The highest BCUT2D eigenvalue weighted by Gasteiger charge is 2.40. The molecular weight excluding hydrogens is 304 g/mol. The van der Waals surface area contributed by atoms with E-state index in [4.69, 9.17) is 9.47 Å². The topological polar surface area (TPSA) is 59.6 Å². The van der Waals surface area contributed by atoms with Crippen LogP contribution in [-0.2, 0) is 15.9 Å². The average Bonchev–Trinajstić information content (AvgIpc) is 3.19. The normalized spacial score (nSPS) is 25.6. The quantitative estimate of drug-likeness (QED) is 0.876. The van der Waals surface area contributed by atoms with E-state index in [1.54, 1.807) is 0 Å². The first kappa shape index (κ1) is 15.9. The van der Waals surface area contributed by atoms with Crippen molar-refractivity contribution in [2.24, 2.45) is 0 Å². The molecule has 1 saturated heterocycles. The second-order valence-electron chi connectivity index (χ2n) is 7.23. The zero-order valence-electron chi connectivity index (χ0n) is 14.3. The fourth-order valence-corrected chi connectivity index (χ4v) is 4.36. The van der Waals surface area contributed by atoms with Crippen molar-refractivity contribution >= 4 is 6.03 Å². The Kier molecular flexibility index (Phi) is 4.22. The van der Waals surface area contributed by atoms with Crippen molar-refractivity contribution < 1.29 is 14.3 Å². The van der Waals surface area contributed by atoms with Crippen molar-refractivity contribution in [2.45, 2.75) is 63.3 Å². The van der Waals surface area contributed by atoms with Crippen LogP contribution in [0.1, 0.15) is 54.8 Å². The van der Waals surface area contributed by atoms with Crippen molar-refractivity contribution in [1.29, 1.82) is 0 Å². The SMILES string of the molecule is Cc1cccc2c1CCC2NC(=O)NC1CCC2(CC1)OCCO2. The predicted molar refractivity (Wildman–Crippen MR) is 90.8 cm³/mol. The molecule has 2 amide bonds. The highest BCUT2D eigenvalue weighted by Crippen LogP contribution is 2.36. The van der Waals surface area contributed by atoms with Gasteiger partial charge in [-0.25, -0.2) is 4.79 Å². The maximum atomic E-state index is 12.4. The molecule has 1 aromatic carbocycles. The molecule has 24 heavy (non-hydrogen) atoms. The van der Waals surface area contributed by atoms with Crippen LogP contribution in [0.25, 0.3) is 0 Å². The number of urea groups is 1. The van der Waals surface area contributed by atoms with E-state index < -0.39 is 0 Å². The summed E-state index contributed by atoms with van der Waals surface area (Å²) < 4.78 is 11.5. The molecule has 1 atom stereocenters. The van der Waals surface area contributed by atoms with Gasteiger partial charge < -0.3 is 20.1 Å². The molecule has 1 heterocycles. The lowest BCUT2D eigenvalue weighted by atomic mass is 9.90. The van der Waals surface area contributed by atoms with Gasteiger partial charge in [-0.1, -0.05) is 18.2 Å². The van der Waals surface area contributed by atoms with E-state index in [-0.39, 0.29) is 23.9 Å². The lowest BCUT2D eigenvalue weighted by Gasteiger charge is -2.35. The fourth-order valence-electron chi connectivity index (χ4n) is 4.36. The summed E-state index contributed by atoms with van der Waals surface area (Å²) in [6.45, 7) is 3.53. The minimum Gasteiger partial charge on any atom is -0.348 e. The van der Waals surface area contributed by atoms with Gasteiger partial charge in [0.2, 0.25) is 0 Å². The number of hydrogen-bond acceptors (Lipinski definition) is 3. The maximum absolute atomic E-state index is 12.4. The Labute approximate surface area is 143 Å².